The fraction of sp³-hybridized carbons (Fsp3) is 0.385. The molecule has 0 bridgehead atoms. The molecule has 0 aliphatic rings. The molecule has 2 aromatic heterocycles. The molecule has 0 aromatic carbocycles. The SMILES string of the molecule is CN=C(NCc1nc(C)c(C)o1)NCc1cc(Br)cs1.I. The molecule has 2 heterocycles. The summed E-state index contributed by atoms with van der Waals surface area (Å²) in [5.74, 6) is 2.25. The highest BCUT2D eigenvalue weighted by Crippen LogP contribution is 2.19. The van der Waals surface area contributed by atoms with Crippen LogP contribution in [0, 0.1) is 13.8 Å². The molecule has 0 saturated heterocycles. The molecule has 2 N–H and O–H groups in total. The van der Waals surface area contributed by atoms with Gasteiger partial charge in [-0.15, -0.1) is 35.3 Å². The Morgan fingerprint density at radius 1 is 1.38 bits per heavy atom. The first-order valence-corrected chi connectivity index (χ1v) is 7.86. The molecule has 0 radical (unpaired) electrons. The Hall–Kier alpha value is -0.610. The quantitative estimate of drug-likeness (QED) is 0.395. The first-order valence-electron chi connectivity index (χ1n) is 6.19. The van der Waals surface area contributed by atoms with Crippen LogP contribution in [0.3, 0.4) is 0 Å². The molecule has 116 valence electrons. The molecule has 2 rings (SSSR count). The van der Waals surface area contributed by atoms with Crippen LogP contribution >= 0.6 is 51.2 Å². The van der Waals surface area contributed by atoms with E-state index in [0.29, 0.717) is 12.4 Å². The topological polar surface area (TPSA) is 62.5 Å². The van der Waals surface area contributed by atoms with E-state index in [1.807, 2.05) is 13.8 Å². The van der Waals surface area contributed by atoms with Crippen LogP contribution in [-0.2, 0) is 13.1 Å². The number of aromatic nitrogens is 1. The summed E-state index contributed by atoms with van der Waals surface area (Å²) in [5, 5.41) is 8.49. The number of guanidine groups is 1. The highest BCUT2D eigenvalue weighted by molar-refractivity contribution is 14.0. The van der Waals surface area contributed by atoms with Gasteiger partial charge in [0.2, 0.25) is 5.89 Å². The molecule has 0 spiro atoms. The summed E-state index contributed by atoms with van der Waals surface area (Å²) in [6.07, 6.45) is 0. The number of aliphatic imine (C=N–C) groups is 1. The van der Waals surface area contributed by atoms with Crippen molar-refractivity contribution in [2.24, 2.45) is 4.99 Å². The number of hydrogen-bond donors (Lipinski definition) is 2. The van der Waals surface area contributed by atoms with Gasteiger partial charge in [-0.05, 0) is 35.8 Å². The van der Waals surface area contributed by atoms with E-state index in [-0.39, 0.29) is 24.0 Å². The second kappa shape index (κ2) is 8.74. The minimum absolute atomic E-state index is 0. The second-order valence-corrected chi connectivity index (χ2v) is 6.17. The van der Waals surface area contributed by atoms with Crippen molar-refractivity contribution in [2.45, 2.75) is 26.9 Å². The van der Waals surface area contributed by atoms with Gasteiger partial charge < -0.3 is 15.1 Å². The first-order chi connectivity index (χ1) is 9.58. The van der Waals surface area contributed by atoms with Crippen LogP contribution < -0.4 is 10.6 Å². The maximum Gasteiger partial charge on any atom is 0.214 e. The van der Waals surface area contributed by atoms with E-state index in [9.17, 15) is 0 Å². The number of hydrogen-bond acceptors (Lipinski definition) is 4. The van der Waals surface area contributed by atoms with Gasteiger partial charge in [-0.3, -0.25) is 4.99 Å². The largest absolute Gasteiger partial charge is 0.444 e. The van der Waals surface area contributed by atoms with Crippen LogP contribution in [0.1, 0.15) is 22.2 Å². The Morgan fingerprint density at radius 2 is 2.10 bits per heavy atom. The number of aryl methyl sites for hydroxylation is 2. The maximum absolute atomic E-state index is 5.51. The number of oxazole rings is 1. The molecule has 8 heteroatoms. The average Bonchev–Trinajstić information content (AvgIpc) is 2.97. The normalized spacial score (nSPS) is 11.1. The van der Waals surface area contributed by atoms with E-state index in [0.717, 1.165) is 28.4 Å². The van der Waals surface area contributed by atoms with Crippen molar-refractivity contribution in [3.63, 3.8) is 0 Å². The van der Waals surface area contributed by atoms with E-state index >= 15 is 0 Å². The summed E-state index contributed by atoms with van der Waals surface area (Å²) in [4.78, 5) is 9.73. The van der Waals surface area contributed by atoms with Gasteiger partial charge in [0, 0.05) is 21.8 Å². The highest BCUT2D eigenvalue weighted by atomic mass is 127. The van der Waals surface area contributed by atoms with Gasteiger partial charge in [-0.2, -0.15) is 0 Å². The summed E-state index contributed by atoms with van der Waals surface area (Å²) in [5.41, 5.74) is 0.924. The van der Waals surface area contributed by atoms with Gasteiger partial charge in [0.05, 0.1) is 18.8 Å². The molecular weight excluding hydrogens is 467 g/mol. The standard InChI is InChI=1S/C13H17BrN4OS.HI/c1-8-9(2)19-12(18-8)6-17-13(15-3)16-5-11-4-10(14)7-20-11;/h4,7H,5-6H2,1-3H3,(H2,15,16,17);1H. The van der Waals surface area contributed by atoms with Gasteiger partial charge in [0.25, 0.3) is 0 Å². The predicted octanol–water partition coefficient (Wildman–Crippen LogP) is 3.60. The lowest BCUT2D eigenvalue weighted by Crippen LogP contribution is -2.36. The molecule has 5 nitrogen and oxygen atoms in total. The molecule has 0 atom stereocenters. The zero-order chi connectivity index (χ0) is 14.5. The average molecular weight is 485 g/mol. The van der Waals surface area contributed by atoms with Gasteiger partial charge in [-0.25, -0.2) is 4.98 Å². The molecule has 0 unspecified atom stereocenters. The van der Waals surface area contributed by atoms with E-state index in [1.54, 1.807) is 18.4 Å². The molecule has 21 heavy (non-hydrogen) atoms. The highest BCUT2D eigenvalue weighted by Gasteiger charge is 2.06. The van der Waals surface area contributed by atoms with E-state index < -0.39 is 0 Å². The molecular formula is C13H18BrIN4OS. The minimum Gasteiger partial charge on any atom is -0.444 e. The van der Waals surface area contributed by atoms with Gasteiger partial charge in [0.1, 0.15) is 5.76 Å². The van der Waals surface area contributed by atoms with E-state index in [1.165, 1.54) is 4.88 Å². The van der Waals surface area contributed by atoms with Crippen molar-refractivity contribution in [1.82, 2.24) is 15.6 Å². The summed E-state index contributed by atoms with van der Waals surface area (Å²) in [6.45, 7) is 5.10. The lowest BCUT2D eigenvalue weighted by Gasteiger charge is -2.09. The zero-order valence-electron chi connectivity index (χ0n) is 12.1. The number of thiophene rings is 1. The maximum atomic E-state index is 5.51. The number of halogens is 2. The predicted molar refractivity (Wildman–Crippen MR) is 100 cm³/mol. The zero-order valence-corrected chi connectivity index (χ0v) is 16.8. The molecule has 0 fully saturated rings. The first kappa shape index (κ1) is 18.4. The monoisotopic (exact) mass is 484 g/mol. The minimum atomic E-state index is 0. The molecule has 0 aliphatic heterocycles. The number of nitrogens with one attached hydrogen (secondary N) is 2. The number of nitrogens with zero attached hydrogens (tertiary/aromatic N) is 2. The van der Waals surface area contributed by atoms with Crippen LogP contribution in [0.15, 0.2) is 25.3 Å². The molecule has 0 aliphatic carbocycles. The third kappa shape index (κ3) is 5.59. The van der Waals surface area contributed by atoms with Crippen molar-refractivity contribution >= 4 is 57.2 Å². The Morgan fingerprint density at radius 3 is 2.62 bits per heavy atom. The van der Waals surface area contributed by atoms with Crippen molar-refractivity contribution in [3.8, 4) is 0 Å². The fourth-order valence-corrected chi connectivity index (χ4v) is 3.00. The van der Waals surface area contributed by atoms with E-state index in [4.69, 9.17) is 4.42 Å². The lowest BCUT2D eigenvalue weighted by molar-refractivity contribution is 0.463. The molecule has 2 aromatic rings. The van der Waals surface area contributed by atoms with Crippen molar-refractivity contribution in [1.29, 1.82) is 0 Å². The van der Waals surface area contributed by atoms with Gasteiger partial charge >= 0.3 is 0 Å². The van der Waals surface area contributed by atoms with Crippen LogP contribution in [0.4, 0.5) is 0 Å². The second-order valence-electron chi connectivity index (χ2n) is 4.26. The number of rotatable bonds is 4. The fourth-order valence-electron chi connectivity index (χ4n) is 1.61. The summed E-state index contributed by atoms with van der Waals surface area (Å²) >= 11 is 5.14. The third-order valence-corrected chi connectivity index (χ3v) is 4.45. The van der Waals surface area contributed by atoms with Crippen LogP contribution in [0.25, 0.3) is 0 Å². The van der Waals surface area contributed by atoms with Crippen LogP contribution in [0.2, 0.25) is 0 Å². The van der Waals surface area contributed by atoms with Crippen molar-refractivity contribution in [2.75, 3.05) is 7.05 Å². The van der Waals surface area contributed by atoms with Crippen LogP contribution in [0.5, 0.6) is 0 Å². The summed E-state index contributed by atoms with van der Waals surface area (Å²) in [6, 6.07) is 2.09. The smallest absolute Gasteiger partial charge is 0.214 e. The third-order valence-electron chi connectivity index (χ3n) is 2.76. The van der Waals surface area contributed by atoms with Gasteiger partial charge in [0.15, 0.2) is 5.96 Å². The Bertz CT molecular complexity index is 592. The van der Waals surface area contributed by atoms with Crippen LogP contribution in [-0.4, -0.2) is 18.0 Å². The Balaban J connectivity index is 0.00000220. The van der Waals surface area contributed by atoms with Gasteiger partial charge in [-0.1, -0.05) is 0 Å². The van der Waals surface area contributed by atoms with E-state index in [2.05, 4.69) is 48.0 Å². The van der Waals surface area contributed by atoms with Crippen molar-refractivity contribution in [3.05, 3.63) is 38.1 Å². The Labute approximate surface area is 153 Å². The molecule has 0 amide bonds. The summed E-state index contributed by atoms with van der Waals surface area (Å²) < 4.78 is 6.62. The van der Waals surface area contributed by atoms with Crippen molar-refractivity contribution < 1.29 is 4.42 Å². The Kier molecular flexibility index (Phi) is 7.67. The lowest BCUT2D eigenvalue weighted by atomic mass is 10.4. The molecule has 0 saturated carbocycles. The summed E-state index contributed by atoms with van der Waals surface area (Å²) in [7, 11) is 1.74.